The fraction of sp³-hybridized carbons (Fsp3) is 0.295. The number of likely N-dealkylation sites (N-methyl/N-ethyl adjacent to an activating group) is 1. The summed E-state index contributed by atoms with van der Waals surface area (Å²) in [6.07, 6.45) is 10.7. The lowest BCUT2D eigenvalue weighted by molar-refractivity contribution is -0.138. The van der Waals surface area contributed by atoms with Crippen LogP contribution in [0, 0.1) is 0 Å². The van der Waals surface area contributed by atoms with Crippen molar-refractivity contribution < 1.29 is 9.59 Å². The average molecular weight is 719 g/mol. The van der Waals surface area contributed by atoms with E-state index < -0.39 is 0 Å². The molecule has 0 aliphatic carbocycles. The Labute approximate surface area is 316 Å². The Hall–Kier alpha value is -5.87. The van der Waals surface area contributed by atoms with Crippen molar-refractivity contribution >= 4 is 11.8 Å². The van der Waals surface area contributed by atoms with Gasteiger partial charge in [0.1, 0.15) is 17.7 Å². The summed E-state index contributed by atoms with van der Waals surface area (Å²) < 4.78 is 0. The first kappa shape index (κ1) is 35.2. The van der Waals surface area contributed by atoms with Crippen LogP contribution in [0.3, 0.4) is 0 Å². The summed E-state index contributed by atoms with van der Waals surface area (Å²) in [5.74, 6) is 1.78. The number of amides is 2. The van der Waals surface area contributed by atoms with Crippen molar-refractivity contribution in [2.75, 3.05) is 26.2 Å². The van der Waals surface area contributed by atoms with Crippen LogP contribution in [0.2, 0.25) is 0 Å². The number of aromatic nitrogens is 5. The van der Waals surface area contributed by atoms with Gasteiger partial charge in [-0.1, -0.05) is 92.7 Å². The number of H-pyrrole nitrogens is 2. The van der Waals surface area contributed by atoms with Gasteiger partial charge in [-0.15, -0.1) is 0 Å². The summed E-state index contributed by atoms with van der Waals surface area (Å²) in [5.41, 5.74) is 7.80. The summed E-state index contributed by atoms with van der Waals surface area (Å²) in [7, 11) is 0. The highest BCUT2D eigenvalue weighted by Crippen LogP contribution is 2.36. The number of nitrogens with zero attached hydrogens (tertiary/aromatic N) is 6. The van der Waals surface area contributed by atoms with E-state index in [0.29, 0.717) is 12.1 Å². The number of imidazole rings is 2. The van der Waals surface area contributed by atoms with Crippen LogP contribution in [0.4, 0.5) is 0 Å². The van der Waals surface area contributed by atoms with E-state index in [2.05, 4.69) is 94.4 Å². The van der Waals surface area contributed by atoms with Gasteiger partial charge in [-0.25, -0.2) is 9.97 Å². The molecule has 2 saturated heterocycles. The molecule has 3 aromatic carbocycles. The molecule has 2 aliphatic heterocycles. The maximum atomic E-state index is 14.2. The van der Waals surface area contributed by atoms with Crippen molar-refractivity contribution in [2.24, 2.45) is 0 Å². The lowest BCUT2D eigenvalue weighted by Crippen LogP contribution is -2.43. The third kappa shape index (κ3) is 6.97. The van der Waals surface area contributed by atoms with Crippen molar-refractivity contribution in [3.8, 4) is 33.6 Å². The van der Waals surface area contributed by atoms with E-state index in [-0.39, 0.29) is 29.9 Å². The summed E-state index contributed by atoms with van der Waals surface area (Å²) >= 11 is 0. The topological polar surface area (TPSA) is 114 Å². The molecule has 0 bridgehead atoms. The number of aromatic amines is 2. The molecule has 0 saturated carbocycles. The van der Waals surface area contributed by atoms with Crippen LogP contribution >= 0.6 is 0 Å². The van der Waals surface area contributed by atoms with Gasteiger partial charge in [0, 0.05) is 25.5 Å². The number of pyridine rings is 1. The van der Waals surface area contributed by atoms with Crippen LogP contribution < -0.4 is 0 Å². The lowest BCUT2D eigenvalue weighted by Gasteiger charge is -2.34. The zero-order valence-electron chi connectivity index (χ0n) is 30.9. The van der Waals surface area contributed by atoms with E-state index >= 15 is 0 Å². The smallest absolute Gasteiger partial charge is 0.256 e. The second-order valence-electron chi connectivity index (χ2n) is 14.1. The van der Waals surface area contributed by atoms with E-state index in [9.17, 15) is 9.59 Å². The SMILES string of the molecule is CCN(CC)C(C(=O)N1CCC[C@H]1c1ncc(-c2ccc(-c3ccc(-c4cnc([C@@H]5CCCN5C(=O)c5cccnc5)[nH]4)cc3)cc2)[nH]1)c1ccccc1. The predicted octanol–water partition coefficient (Wildman–Crippen LogP) is 8.25. The standard InChI is InChI=1S/C44H46N8O2/c1-3-50(4-2)40(34-11-6-5-7-12-34)44(54)52-26-10-15-39(52)42-47-29-37(49-42)33-22-18-31(19-23-33)30-16-20-32(21-17-30)36-28-46-41(48-36)38-14-9-25-51(38)43(53)35-13-8-24-45-27-35/h5-8,11-13,16-24,27-29,38-40H,3-4,9-10,14-15,25-26H2,1-2H3,(H,46,48)(H,47,49)/t38-,39-,40?/m0/s1. The highest BCUT2D eigenvalue weighted by molar-refractivity contribution is 5.94. The molecule has 8 rings (SSSR count). The van der Waals surface area contributed by atoms with Crippen LogP contribution in [-0.4, -0.2) is 77.6 Å². The molecular weight excluding hydrogens is 673 g/mol. The minimum absolute atomic E-state index is 0.0116. The quantitative estimate of drug-likeness (QED) is 0.140. The Balaban J connectivity index is 0.938. The summed E-state index contributed by atoms with van der Waals surface area (Å²) in [5, 5.41) is 0. The minimum atomic E-state index is -0.312. The summed E-state index contributed by atoms with van der Waals surface area (Å²) in [6, 6.07) is 30.2. The molecule has 2 amide bonds. The Morgan fingerprint density at radius 1 is 0.685 bits per heavy atom. The van der Waals surface area contributed by atoms with Crippen LogP contribution in [0.15, 0.2) is 116 Å². The second kappa shape index (κ2) is 15.6. The molecular formula is C44H46N8O2. The third-order valence-corrected chi connectivity index (χ3v) is 11.0. The first-order valence-corrected chi connectivity index (χ1v) is 19.1. The number of hydrogen-bond acceptors (Lipinski definition) is 6. The zero-order valence-corrected chi connectivity index (χ0v) is 30.9. The van der Waals surface area contributed by atoms with Gasteiger partial charge in [-0.05, 0) is 78.7 Å². The van der Waals surface area contributed by atoms with Gasteiger partial charge in [-0.2, -0.15) is 0 Å². The number of benzene rings is 3. The maximum absolute atomic E-state index is 14.2. The van der Waals surface area contributed by atoms with Gasteiger partial charge in [0.2, 0.25) is 5.91 Å². The molecule has 6 aromatic rings. The van der Waals surface area contributed by atoms with Gasteiger partial charge in [-0.3, -0.25) is 19.5 Å². The molecule has 5 heterocycles. The monoisotopic (exact) mass is 718 g/mol. The fourth-order valence-corrected chi connectivity index (χ4v) is 8.14. The largest absolute Gasteiger partial charge is 0.340 e. The van der Waals surface area contributed by atoms with Gasteiger partial charge >= 0.3 is 0 Å². The number of likely N-dealkylation sites (tertiary alicyclic amines) is 2. The first-order valence-electron chi connectivity index (χ1n) is 19.1. The van der Waals surface area contributed by atoms with E-state index in [4.69, 9.17) is 9.97 Å². The van der Waals surface area contributed by atoms with Crippen molar-refractivity contribution in [2.45, 2.75) is 57.7 Å². The molecule has 2 N–H and O–H groups in total. The van der Waals surface area contributed by atoms with Gasteiger partial charge in [0.05, 0.1) is 41.4 Å². The van der Waals surface area contributed by atoms with Crippen molar-refractivity contribution in [1.29, 1.82) is 0 Å². The van der Waals surface area contributed by atoms with E-state index in [1.807, 2.05) is 46.5 Å². The molecule has 54 heavy (non-hydrogen) atoms. The molecule has 2 aliphatic rings. The number of hydrogen-bond donors (Lipinski definition) is 2. The second-order valence-corrected chi connectivity index (χ2v) is 14.1. The molecule has 274 valence electrons. The Morgan fingerprint density at radius 2 is 1.22 bits per heavy atom. The first-order chi connectivity index (χ1) is 26.5. The number of carbonyl (C=O) groups excluding carboxylic acids is 2. The molecule has 3 atom stereocenters. The average Bonchev–Trinajstić information content (AvgIpc) is 4.07. The number of nitrogens with one attached hydrogen (secondary N) is 2. The lowest BCUT2D eigenvalue weighted by atomic mass is 10.0. The highest BCUT2D eigenvalue weighted by Gasteiger charge is 2.38. The van der Waals surface area contributed by atoms with E-state index in [0.717, 1.165) is 96.2 Å². The number of rotatable bonds is 11. The molecule has 3 aromatic heterocycles. The van der Waals surface area contributed by atoms with Crippen LogP contribution in [0.25, 0.3) is 33.6 Å². The predicted molar refractivity (Wildman–Crippen MR) is 210 cm³/mol. The normalized spacial score (nSPS) is 17.7. The van der Waals surface area contributed by atoms with Crippen molar-refractivity contribution in [3.05, 3.63) is 139 Å². The minimum Gasteiger partial charge on any atom is -0.340 e. The van der Waals surface area contributed by atoms with Crippen molar-refractivity contribution in [3.63, 3.8) is 0 Å². The molecule has 0 radical (unpaired) electrons. The third-order valence-electron chi connectivity index (χ3n) is 11.0. The summed E-state index contributed by atoms with van der Waals surface area (Å²) in [4.78, 5) is 54.2. The van der Waals surface area contributed by atoms with Gasteiger partial charge in [0.15, 0.2) is 0 Å². The van der Waals surface area contributed by atoms with Crippen LogP contribution in [0.1, 0.15) is 85.2 Å². The van der Waals surface area contributed by atoms with Crippen LogP contribution in [0.5, 0.6) is 0 Å². The van der Waals surface area contributed by atoms with E-state index in [1.54, 1.807) is 18.5 Å². The van der Waals surface area contributed by atoms with Crippen molar-refractivity contribution in [1.82, 2.24) is 39.6 Å². The van der Waals surface area contributed by atoms with Gasteiger partial charge < -0.3 is 19.8 Å². The fourth-order valence-electron chi connectivity index (χ4n) is 8.14. The molecule has 10 heteroatoms. The molecule has 2 fully saturated rings. The molecule has 0 spiro atoms. The number of carbonyl (C=O) groups is 2. The Bertz CT molecular complexity index is 2180. The van der Waals surface area contributed by atoms with E-state index in [1.165, 1.54) is 0 Å². The Morgan fingerprint density at radius 3 is 1.76 bits per heavy atom. The van der Waals surface area contributed by atoms with Crippen LogP contribution in [-0.2, 0) is 4.79 Å². The Kier molecular flexibility index (Phi) is 10.2. The highest BCUT2D eigenvalue weighted by atomic mass is 16.2. The molecule has 1 unspecified atom stereocenters. The maximum Gasteiger partial charge on any atom is 0.256 e. The zero-order chi connectivity index (χ0) is 37.0. The molecule has 10 nitrogen and oxygen atoms in total. The summed E-state index contributed by atoms with van der Waals surface area (Å²) in [6.45, 7) is 7.26. The van der Waals surface area contributed by atoms with Gasteiger partial charge in [0.25, 0.3) is 5.91 Å².